The molecule has 1 spiro atoms. The standard InChI is InChI=1S/C28H40N8O/c1-5-34(6-2)21-11-15-35(16-12-21)22-9-10-24(30-18-22)32-27(29-4)33-25-20(3)17-23-26(37)31-19-28(36(23)25)13-7-8-14-28/h9-10,17-18,21H,4-8,11-16,19H2,1-3H3,(H,31,37)(H,30,32,33). The van der Waals surface area contributed by atoms with Crippen LogP contribution in [0.1, 0.15) is 68.4 Å². The van der Waals surface area contributed by atoms with Crippen LogP contribution in [-0.4, -0.2) is 71.8 Å². The molecule has 1 saturated carbocycles. The molecule has 37 heavy (non-hydrogen) atoms. The minimum atomic E-state index is -0.110. The highest BCUT2D eigenvalue weighted by Gasteiger charge is 2.43. The van der Waals surface area contributed by atoms with Crippen LogP contribution in [0.15, 0.2) is 34.4 Å². The Morgan fingerprint density at radius 2 is 1.97 bits per heavy atom. The van der Waals surface area contributed by atoms with E-state index in [0.717, 1.165) is 68.9 Å². The average molecular weight is 505 g/mol. The minimum absolute atomic E-state index is 0.0402. The number of nitrogens with one attached hydrogen (secondary N) is 2. The molecule has 2 fully saturated rings. The molecule has 2 aliphatic heterocycles. The summed E-state index contributed by atoms with van der Waals surface area (Å²) >= 11 is 0. The summed E-state index contributed by atoms with van der Waals surface area (Å²) in [5.74, 6) is 1.78. The van der Waals surface area contributed by atoms with E-state index in [2.05, 4.69) is 61.6 Å². The highest BCUT2D eigenvalue weighted by atomic mass is 16.2. The zero-order chi connectivity index (χ0) is 26.0. The summed E-state index contributed by atoms with van der Waals surface area (Å²) in [4.78, 5) is 31.3. The molecule has 3 aliphatic rings. The predicted molar refractivity (Wildman–Crippen MR) is 151 cm³/mol. The van der Waals surface area contributed by atoms with E-state index in [1.54, 1.807) is 0 Å². The van der Waals surface area contributed by atoms with Crippen LogP contribution in [0.2, 0.25) is 0 Å². The summed E-state index contributed by atoms with van der Waals surface area (Å²) in [6.45, 7) is 15.2. The average Bonchev–Trinajstić information content (AvgIpc) is 3.53. The molecule has 2 aromatic heterocycles. The number of guanidine groups is 1. The van der Waals surface area contributed by atoms with E-state index in [1.165, 1.54) is 12.8 Å². The van der Waals surface area contributed by atoms with Crippen molar-refractivity contribution in [3.63, 3.8) is 0 Å². The van der Waals surface area contributed by atoms with Crippen LogP contribution in [0.4, 0.5) is 17.3 Å². The molecular weight excluding hydrogens is 464 g/mol. The van der Waals surface area contributed by atoms with E-state index in [0.29, 0.717) is 30.1 Å². The van der Waals surface area contributed by atoms with Gasteiger partial charge >= 0.3 is 0 Å². The number of hydrogen-bond donors (Lipinski definition) is 2. The Balaban J connectivity index is 1.32. The second kappa shape index (κ2) is 10.7. The topological polar surface area (TPSA) is 90.1 Å². The fourth-order valence-corrected chi connectivity index (χ4v) is 6.45. The van der Waals surface area contributed by atoms with Gasteiger partial charge in [0.05, 0.1) is 17.4 Å². The maximum Gasteiger partial charge on any atom is 0.268 e. The maximum absolute atomic E-state index is 12.6. The Bertz CT molecular complexity index is 1150. The molecule has 9 heteroatoms. The zero-order valence-electron chi connectivity index (χ0n) is 22.5. The first-order chi connectivity index (χ1) is 18.0. The summed E-state index contributed by atoms with van der Waals surface area (Å²) in [6.07, 6.45) is 8.67. The smallest absolute Gasteiger partial charge is 0.268 e. The van der Waals surface area contributed by atoms with Gasteiger partial charge in [-0.15, -0.1) is 0 Å². The van der Waals surface area contributed by atoms with Crippen molar-refractivity contribution in [3.8, 4) is 0 Å². The van der Waals surface area contributed by atoms with E-state index in [4.69, 9.17) is 4.99 Å². The molecule has 198 valence electrons. The van der Waals surface area contributed by atoms with Gasteiger partial charge in [-0.05, 0) is 76.2 Å². The number of aryl methyl sites for hydroxylation is 1. The fourth-order valence-electron chi connectivity index (χ4n) is 6.45. The maximum atomic E-state index is 12.6. The van der Waals surface area contributed by atoms with Gasteiger partial charge < -0.3 is 25.0 Å². The van der Waals surface area contributed by atoms with Crippen molar-refractivity contribution in [2.75, 3.05) is 42.9 Å². The number of amides is 1. The Kier molecular flexibility index (Phi) is 7.33. The molecular formula is C28H40N8O. The normalized spacial score (nSPS) is 19.8. The summed E-state index contributed by atoms with van der Waals surface area (Å²) in [7, 11) is 0. The Morgan fingerprint density at radius 3 is 2.59 bits per heavy atom. The number of fused-ring (bicyclic) bond motifs is 2. The van der Waals surface area contributed by atoms with E-state index in [9.17, 15) is 4.79 Å². The van der Waals surface area contributed by atoms with Crippen LogP contribution in [0, 0.1) is 6.92 Å². The van der Waals surface area contributed by atoms with Gasteiger partial charge in [0.1, 0.15) is 17.3 Å². The molecule has 0 bridgehead atoms. The van der Waals surface area contributed by atoms with Gasteiger partial charge in [0.2, 0.25) is 5.96 Å². The number of nitrogens with zero attached hydrogens (tertiary/aromatic N) is 6. The molecule has 1 saturated heterocycles. The molecule has 2 aromatic rings. The molecule has 9 nitrogen and oxygen atoms in total. The quantitative estimate of drug-likeness (QED) is 0.452. The Hall–Kier alpha value is -3.20. The van der Waals surface area contributed by atoms with Gasteiger partial charge in [-0.2, -0.15) is 4.99 Å². The molecule has 5 rings (SSSR count). The number of hydrogen-bond acceptors (Lipinski definition) is 5. The second-order valence-electron chi connectivity index (χ2n) is 10.5. The lowest BCUT2D eigenvalue weighted by atomic mass is 9.94. The summed E-state index contributed by atoms with van der Waals surface area (Å²) in [5.41, 5.74) is 2.67. The van der Waals surface area contributed by atoms with Crippen molar-refractivity contribution in [2.45, 2.75) is 70.9 Å². The van der Waals surface area contributed by atoms with Crippen LogP contribution in [0.5, 0.6) is 0 Å². The Labute approximate surface area is 220 Å². The molecule has 1 aliphatic carbocycles. The van der Waals surface area contributed by atoms with Crippen molar-refractivity contribution in [1.29, 1.82) is 0 Å². The van der Waals surface area contributed by atoms with Gasteiger partial charge in [0.25, 0.3) is 5.91 Å². The molecule has 0 radical (unpaired) electrons. The number of piperidine rings is 1. The zero-order valence-corrected chi connectivity index (χ0v) is 22.5. The first-order valence-electron chi connectivity index (χ1n) is 13.8. The first-order valence-corrected chi connectivity index (χ1v) is 13.8. The molecule has 0 aromatic carbocycles. The van der Waals surface area contributed by atoms with Gasteiger partial charge in [-0.25, -0.2) is 9.98 Å². The third kappa shape index (κ3) is 4.89. The van der Waals surface area contributed by atoms with Gasteiger partial charge in [-0.3, -0.25) is 4.79 Å². The first kappa shape index (κ1) is 25.4. The van der Waals surface area contributed by atoms with Crippen LogP contribution >= 0.6 is 0 Å². The minimum Gasteiger partial charge on any atom is -0.370 e. The highest BCUT2D eigenvalue weighted by molar-refractivity contribution is 5.99. The SMILES string of the molecule is C=NC(=Nc1c(C)cc2n1C1(CCCC1)CNC2=O)Nc1ccc(N2CCC(N(CC)CC)CC2)cn1. The van der Waals surface area contributed by atoms with Gasteiger partial charge in [0, 0.05) is 25.7 Å². The summed E-state index contributed by atoms with van der Waals surface area (Å²) in [6, 6.07) is 6.69. The number of aliphatic imine (C=N–C) groups is 2. The second-order valence-corrected chi connectivity index (χ2v) is 10.5. The molecule has 0 unspecified atom stereocenters. The number of carbonyl (C=O) groups is 1. The summed E-state index contributed by atoms with van der Waals surface area (Å²) < 4.78 is 2.15. The number of aromatic nitrogens is 2. The largest absolute Gasteiger partial charge is 0.370 e. The lowest BCUT2D eigenvalue weighted by molar-refractivity contribution is 0.0874. The molecule has 0 atom stereocenters. The highest BCUT2D eigenvalue weighted by Crippen LogP contribution is 2.43. The van der Waals surface area contributed by atoms with Gasteiger partial charge in [0.15, 0.2) is 0 Å². The van der Waals surface area contributed by atoms with Crippen LogP contribution < -0.4 is 15.5 Å². The number of pyridine rings is 1. The van der Waals surface area contributed by atoms with Crippen molar-refractivity contribution in [2.24, 2.45) is 9.98 Å². The molecule has 2 N–H and O–H groups in total. The number of carbonyl (C=O) groups excluding carboxylic acids is 1. The third-order valence-corrected chi connectivity index (χ3v) is 8.49. The third-order valence-electron chi connectivity index (χ3n) is 8.49. The number of rotatable bonds is 6. The molecule has 1 amide bonds. The van der Waals surface area contributed by atoms with Crippen LogP contribution in [0.3, 0.4) is 0 Å². The van der Waals surface area contributed by atoms with E-state index in [-0.39, 0.29) is 11.4 Å². The van der Waals surface area contributed by atoms with Crippen molar-refractivity contribution in [3.05, 3.63) is 35.7 Å². The van der Waals surface area contributed by atoms with Crippen molar-refractivity contribution in [1.82, 2.24) is 19.8 Å². The molecule has 4 heterocycles. The van der Waals surface area contributed by atoms with E-state index in [1.807, 2.05) is 25.3 Å². The lowest BCUT2D eigenvalue weighted by Gasteiger charge is -2.38. The van der Waals surface area contributed by atoms with Crippen LogP contribution in [-0.2, 0) is 5.54 Å². The van der Waals surface area contributed by atoms with Crippen molar-refractivity contribution < 1.29 is 4.79 Å². The van der Waals surface area contributed by atoms with Crippen molar-refractivity contribution >= 4 is 35.9 Å². The number of anilines is 2. The fraction of sp³-hybridized carbons (Fsp3) is 0.571. The van der Waals surface area contributed by atoms with E-state index >= 15 is 0 Å². The Morgan fingerprint density at radius 1 is 1.24 bits per heavy atom. The van der Waals surface area contributed by atoms with E-state index < -0.39 is 0 Å². The monoisotopic (exact) mass is 504 g/mol. The predicted octanol–water partition coefficient (Wildman–Crippen LogP) is 4.32. The summed E-state index contributed by atoms with van der Waals surface area (Å²) in [5, 5.41) is 6.32. The van der Waals surface area contributed by atoms with Gasteiger partial charge in [-0.1, -0.05) is 26.7 Å². The van der Waals surface area contributed by atoms with Crippen LogP contribution in [0.25, 0.3) is 0 Å². The lowest BCUT2D eigenvalue weighted by Crippen LogP contribution is -2.49.